The van der Waals surface area contributed by atoms with Crippen LogP contribution in [-0.2, 0) is 65.4 Å². The monoisotopic (exact) mass is 1420 g/mol. The smallest absolute Gasteiger partial charge is 0.462 e. The molecule has 19 heteroatoms. The first-order valence-electron chi connectivity index (χ1n) is 40.7. The van der Waals surface area contributed by atoms with Crippen LogP contribution < -0.4 is 0 Å². The van der Waals surface area contributed by atoms with E-state index in [9.17, 15) is 43.2 Å². The van der Waals surface area contributed by atoms with Gasteiger partial charge < -0.3 is 33.8 Å². The van der Waals surface area contributed by atoms with Gasteiger partial charge in [0.05, 0.1) is 26.4 Å². The fourth-order valence-electron chi connectivity index (χ4n) is 12.0. The normalized spacial score (nSPS) is 14.2. The minimum Gasteiger partial charge on any atom is -0.462 e. The first-order chi connectivity index (χ1) is 47.1. The van der Waals surface area contributed by atoms with Crippen molar-refractivity contribution < 1.29 is 80.2 Å². The molecular formula is C78H152O17P2. The molecule has 97 heavy (non-hydrogen) atoms. The van der Waals surface area contributed by atoms with E-state index >= 15 is 0 Å². The van der Waals surface area contributed by atoms with E-state index in [1.807, 2.05) is 0 Å². The molecule has 0 saturated carbocycles. The topological polar surface area (TPSA) is 237 Å². The lowest BCUT2D eigenvalue weighted by molar-refractivity contribution is -0.161. The van der Waals surface area contributed by atoms with Crippen molar-refractivity contribution in [2.45, 2.75) is 432 Å². The predicted octanol–water partition coefficient (Wildman–Crippen LogP) is 23.3. The lowest BCUT2D eigenvalue weighted by Gasteiger charge is -2.21. The molecule has 0 aliphatic carbocycles. The summed E-state index contributed by atoms with van der Waals surface area (Å²) in [5, 5.41) is 10.6. The van der Waals surface area contributed by atoms with Crippen molar-refractivity contribution in [3.63, 3.8) is 0 Å². The summed E-state index contributed by atoms with van der Waals surface area (Å²) in [6, 6.07) is 0. The van der Waals surface area contributed by atoms with Gasteiger partial charge in [0.1, 0.15) is 19.3 Å². The molecule has 0 bridgehead atoms. The third-order valence-electron chi connectivity index (χ3n) is 18.6. The maximum atomic E-state index is 13.1. The molecule has 0 saturated heterocycles. The van der Waals surface area contributed by atoms with E-state index in [0.29, 0.717) is 25.7 Å². The number of phosphoric acid groups is 2. The van der Waals surface area contributed by atoms with Gasteiger partial charge in [-0.3, -0.25) is 37.3 Å². The minimum absolute atomic E-state index is 0.105. The highest BCUT2D eigenvalue weighted by Gasteiger charge is 2.30. The second kappa shape index (κ2) is 71.1. The Balaban J connectivity index is 5.17. The van der Waals surface area contributed by atoms with Gasteiger partial charge in [-0.15, -0.1) is 0 Å². The average molecular weight is 1420 g/mol. The van der Waals surface area contributed by atoms with Crippen molar-refractivity contribution in [3.05, 3.63) is 0 Å². The lowest BCUT2D eigenvalue weighted by atomic mass is 9.99. The first kappa shape index (κ1) is 95.1. The molecule has 0 aromatic rings. The van der Waals surface area contributed by atoms with E-state index < -0.39 is 97.5 Å². The molecule has 17 nitrogen and oxygen atoms in total. The molecule has 0 radical (unpaired) electrons. The molecule has 0 aliphatic heterocycles. The third kappa shape index (κ3) is 70.9. The van der Waals surface area contributed by atoms with E-state index in [4.69, 9.17) is 37.0 Å². The number of hydrogen-bond donors (Lipinski definition) is 3. The van der Waals surface area contributed by atoms with E-state index in [2.05, 4.69) is 34.6 Å². The Morgan fingerprint density at radius 2 is 0.495 bits per heavy atom. The Hall–Kier alpha value is -1.94. The van der Waals surface area contributed by atoms with Crippen molar-refractivity contribution in [1.29, 1.82) is 0 Å². The Bertz CT molecular complexity index is 1860. The zero-order chi connectivity index (χ0) is 71.2. The number of aliphatic hydroxyl groups excluding tert-OH is 1. The van der Waals surface area contributed by atoms with Crippen molar-refractivity contribution in [2.75, 3.05) is 39.6 Å². The van der Waals surface area contributed by atoms with Gasteiger partial charge in [0, 0.05) is 25.7 Å². The number of ether oxygens (including phenoxy) is 4. The number of esters is 4. The Kier molecular flexibility index (Phi) is 69.6. The Morgan fingerprint density at radius 1 is 0.289 bits per heavy atom. The second-order valence-electron chi connectivity index (χ2n) is 28.3. The predicted molar refractivity (Wildman–Crippen MR) is 395 cm³/mol. The van der Waals surface area contributed by atoms with Gasteiger partial charge in [0.25, 0.3) is 0 Å². The fraction of sp³-hybridized carbons (Fsp3) is 0.949. The van der Waals surface area contributed by atoms with Crippen LogP contribution in [0, 0.1) is 5.92 Å². The van der Waals surface area contributed by atoms with Crippen LogP contribution in [0.5, 0.6) is 0 Å². The van der Waals surface area contributed by atoms with Crippen LogP contribution in [0.4, 0.5) is 0 Å². The molecule has 0 spiro atoms. The molecule has 3 N–H and O–H groups in total. The second-order valence-corrected chi connectivity index (χ2v) is 31.3. The molecule has 0 rings (SSSR count). The van der Waals surface area contributed by atoms with Gasteiger partial charge in [-0.25, -0.2) is 9.13 Å². The SMILES string of the molecule is CCCCCCCCCCCCCCCCCCCCCCC(=O)O[C@H](COC(=O)CCCCCCCCCCCCCCCCCCCC)COP(=O)(O)OC[C@@H](O)COP(=O)(O)OC[C@@H](COC(=O)CCCCCCCCC)OC(=O)CCCCCCCCCCC(C)CC. The first-order valence-corrected chi connectivity index (χ1v) is 43.7. The van der Waals surface area contributed by atoms with Gasteiger partial charge in [-0.05, 0) is 31.6 Å². The quantitative estimate of drug-likeness (QED) is 0.0222. The molecule has 6 atom stereocenters. The summed E-state index contributed by atoms with van der Waals surface area (Å²) >= 11 is 0. The van der Waals surface area contributed by atoms with Gasteiger partial charge in [0.15, 0.2) is 12.2 Å². The fourth-order valence-corrected chi connectivity index (χ4v) is 13.6. The van der Waals surface area contributed by atoms with Crippen molar-refractivity contribution in [1.82, 2.24) is 0 Å². The molecule has 0 aliphatic rings. The maximum Gasteiger partial charge on any atom is 0.472 e. The summed E-state index contributed by atoms with van der Waals surface area (Å²) in [5.74, 6) is -1.35. The maximum absolute atomic E-state index is 13.1. The van der Waals surface area contributed by atoms with Gasteiger partial charge in [-0.2, -0.15) is 0 Å². The van der Waals surface area contributed by atoms with Gasteiger partial charge in [0.2, 0.25) is 0 Å². The molecular weight excluding hydrogens is 1270 g/mol. The summed E-state index contributed by atoms with van der Waals surface area (Å²) < 4.78 is 68.5. The zero-order valence-electron chi connectivity index (χ0n) is 63.2. The number of unbranched alkanes of at least 4 members (excludes halogenated alkanes) is 49. The van der Waals surface area contributed by atoms with E-state index in [-0.39, 0.29) is 25.7 Å². The van der Waals surface area contributed by atoms with Crippen molar-refractivity contribution >= 4 is 39.5 Å². The van der Waals surface area contributed by atoms with Crippen LogP contribution in [0.25, 0.3) is 0 Å². The van der Waals surface area contributed by atoms with Crippen LogP contribution >= 0.6 is 15.6 Å². The summed E-state index contributed by atoms with van der Waals surface area (Å²) in [5.41, 5.74) is 0. The number of carbonyl (C=O) groups excluding carboxylic acids is 4. The summed E-state index contributed by atoms with van der Waals surface area (Å²) in [7, 11) is -9.91. The van der Waals surface area contributed by atoms with Crippen LogP contribution in [0.1, 0.15) is 413 Å². The van der Waals surface area contributed by atoms with Gasteiger partial charge >= 0.3 is 39.5 Å². The van der Waals surface area contributed by atoms with Gasteiger partial charge in [-0.1, -0.05) is 362 Å². The van der Waals surface area contributed by atoms with E-state index in [1.54, 1.807) is 0 Å². The highest BCUT2D eigenvalue weighted by atomic mass is 31.2. The number of aliphatic hydroxyl groups is 1. The largest absolute Gasteiger partial charge is 0.472 e. The molecule has 0 aromatic heterocycles. The number of phosphoric ester groups is 2. The Labute approximate surface area is 594 Å². The van der Waals surface area contributed by atoms with E-state index in [0.717, 1.165) is 109 Å². The van der Waals surface area contributed by atoms with Crippen LogP contribution in [0.2, 0.25) is 0 Å². The molecule has 3 unspecified atom stereocenters. The van der Waals surface area contributed by atoms with Crippen LogP contribution in [-0.4, -0.2) is 96.7 Å². The number of hydrogen-bond acceptors (Lipinski definition) is 15. The van der Waals surface area contributed by atoms with E-state index in [1.165, 1.54) is 225 Å². The summed E-state index contributed by atoms with van der Waals surface area (Å²) in [6.45, 7) is 7.26. The highest BCUT2D eigenvalue weighted by molar-refractivity contribution is 7.47. The lowest BCUT2D eigenvalue weighted by Crippen LogP contribution is -2.30. The molecule has 0 aromatic carbocycles. The Morgan fingerprint density at radius 3 is 0.732 bits per heavy atom. The molecule has 0 fully saturated rings. The standard InChI is InChI=1S/C78H152O17P2/c1-6-10-13-16-19-21-23-25-27-29-31-32-34-36-38-40-42-48-53-58-63-77(82)94-74(68-89-76(81)62-57-52-47-41-39-37-35-33-30-28-26-24-22-20-17-14-11-7-2)70-93-97(86,87)91-66-72(79)65-90-96(84,85)92-69-73(67-88-75(80)61-56-51-45-18-15-12-8-3)95-78(83)64-59-54-49-44-43-46-50-55-60-71(5)9-4/h71-74,79H,6-70H2,1-5H3,(H,84,85)(H,86,87)/t71?,72-,73+,74+/m0/s1. The summed E-state index contributed by atoms with van der Waals surface area (Å²) in [6.07, 6.45) is 61.3. The zero-order valence-corrected chi connectivity index (χ0v) is 65.0. The minimum atomic E-state index is -4.96. The average Bonchev–Trinajstić information content (AvgIpc) is 1.03. The summed E-state index contributed by atoms with van der Waals surface area (Å²) in [4.78, 5) is 72.7. The molecule has 0 amide bonds. The highest BCUT2D eigenvalue weighted by Crippen LogP contribution is 2.45. The van der Waals surface area contributed by atoms with Crippen LogP contribution in [0.3, 0.4) is 0 Å². The number of carbonyl (C=O) groups is 4. The van der Waals surface area contributed by atoms with Crippen molar-refractivity contribution in [2.24, 2.45) is 5.92 Å². The molecule has 576 valence electrons. The molecule has 0 heterocycles. The van der Waals surface area contributed by atoms with Crippen molar-refractivity contribution in [3.8, 4) is 0 Å². The van der Waals surface area contributed by atoms with Crippen LogP contribution in [0.15, 0.2) is 0 Å². The third-order valence-corrected chi connectivity index (χ3v) is 20.5. The number of rotatable bonds is 78.